The van der Waals surface area contributed by atoms with Crippen LogP contribution < -0.4 is 5.56 Å². The number of esters is 1. The fourth-order valence-electron chi connectivity index (χ4n) is 2.79. The lowest BCUT2D eigenvalue weighted by Gasteiger charge is -2.15. The third-order valence-electron chi connectivity index (χ3n) is 4.40. The van der Waals surface area contributed by atoms with E-state index in [0.29, 0.717) is 12.1 Å². The van der Waals surface area contributed by atoms with Crippen molar-refractivity contribution in [3.05, 3.63) is 46.0 Å². The van der Waals surface area contributed by atoms with Gasteiger partial charge < -0.3 is 4.74 Å². The number of fused-ring (bicyclic) bond motifs is 1. The van der Waals surface area contributed by atoms with E-state index in [4.69, 9.17) is 4.74 Å². The number of benzene rings is 1. The zero-order valence-corrected chi connectivity index (χ0v) is 15.3. The van der Waals surface area contributed by atoms with Gasteiger partial charge in [0.05, 0.1) is 12.3 Å². The largest absolute Gasteiger partial charge is 0.464 e. The summed E-state index contributed by atoms with van der Waals surface area (Å²) in [4.78, 5) is 29.2. The SMILES string of the molecule is CCOC(=O)[C@H](CC)n1cnc2c(nnn2-c2ccc(C)c(C)c2)c1=O. The highest BCUT2D eigenvalue weighted by molar-refractivity contribution is 5.75. The Hall–Kier alpha value is -3.03. The second-order valence-electron chi connectivity index (χ2n) is 6.08. The molecule has 2 aromatic heterocycles. The first-order valence-electron chi connectivity index (χ1n) is 8.54. The molecule has 3 aromatic rings. The van der Waals surface area contributed by atoms with E-state index in [2.05, 4.69) is 15.3 Å². The summed E-state index contributed by atoms with van der Waals surface area (Å²) in [5, 5.41) is 8.07. The van der Waals surface area contributed by atoms with Crippen LogP contribution in [0.5, 0.6) is 0 Å². The minimum Gasteiger partial charge on any atom is -0.464 e. The van der Waals surface area contributed by atoms with Crippen LogP contribution in [-0.2, 0) is 9.53 Å². The van der Waals surface area contributed by atoms with Gasteiger partial charge in [-0.2, -0.15) is 4.68 Å². The quantitative estimate of drug-likeness (QED) is 0.651. The molecule has 136 valence electrons. The summed E-state index contributed by atoms with van der Waals surface area (Å²) in [7, 11) is 0. The van der Waals surface area contributed by atoms with Gasteiger partial charge in [-0.15, -0.1) is 5.10 Å². The Bertz CT molecular complexity index is 1020. The topological polar surface area (TPSA) is 91.9 Å². The van der Waals surface area contributed by atoms with E-state index in [1.165, 1.54) is 15.6 Å². The maximum absolute atomic E-state index is 12.8. The Labute approximate surface area is 150 Å². The number of ether oxygens (including phenoxy) is 1. The van der Waals surface area contributed by atoms with Crippen LogP contribution in [0.1, 0.15) is 37.4 Å². The first-order valence-corrected chi connectivity index (χ1v) is 8.54. The van der Waals surface area contributed by atoms with Crippen molar-refractivity contribution in [3.63, 3.8) is 0 Å². The Morgan fingerprint density at radius 1 is 1.23 bits per heavy atom. The number of rotatable bonds is 5. The van der Waals surface area contributed by atoms with Crippen LogP contribution in [0.4, 0.5) is 0 Å². The number of aryl methyl sites for hydroxylation is 2. The van der Waals surface area contributed by atoms with E-state index < -0.39 is 17.6 Å². The number of hydrogen-bond acceptors (Lipinski definition) is 6. The van der Waals surface area contributed by atoms with E-state index in [1.54, 1.807) is 6.92 Å². The molecule has 8 heteroatoms. The standard InChI is InChI=1S/C18H21N5O3/c1-5-14(18(25)26-6-2)22-10-19-16-15(17(22)24)20-21-23(16)13-8-7-11(3)12(4)9-13/h7-10,14H,5-6H2,1-4H3/t14-/m0/s1. The minimum atomic E-state index is -0.730. The molecule has 0 saturated heterocycles. The van der Waals surface area contributed by atoms with Crippen LogP contribution in [0.15, 0.2) is 29.3 Å². The smallest absolute Gasteiger partial charge is 0.329 e. The van der Waals surface area contributed by atoms with Crippen LogP contribution in [0.25, 0.3) is 16.9 Å². The summed E-state index contributed by atoms with van der Waals surface area (Å²) in [5.74, 6) is -0.459. The molecule has 0 aliphatic carbocycles. The van der Waals surface area contributed by atoms with Crippen molar-refractivity contribution < 1.29 is 9.53 Å². The fourth-order valence-corrected chi connectivity index (χ4v) is 2.79. The van der Waals surface area contributed by atoms with E-state index in [1.807, 2.05) is 39.0 Å². The van der Waals surface area contributed by atoms with Crippen molar-refractivity contribution in [3.8, 4) is 5.69 Å². The Morgan fingerprint density at radius 2 is 2.00 bits per heavy atom. The number of carbonyl (C=O) groups is 1. The highest BCUT2D eigenvalue weighted by Crippen LogP contribution is 2.17. The molecule has 2 heterocycles. The summed E-state index contributed by atoms with van der Waals surface area (Å²) in [6, 6.07) is 5.11. The molecular weight excluding hydrogens is 334 g/mol. The van der Waals surface area contributed by atoms with Crippen molar-refractivity contribution in [2.24, 2.45) is 0 Å². The molecular formula is C18H21N5O3. The number of carbonyl (C=O) groups excluding carboxylic acids is 1. The van der Waals surface area contributed by atoms with Crippen molar-refractivity contribution in [1.82, 2.24) is 24.5 Å². The van der Waals surface area contributed by atoms with Gasteiger partial charge in [0, 0.05) is 0 Å². The van der Waals surface area contributed by atoms with E-state index in [-0.39, 0.29) is 12.1 Å². The Balaban J connectivity index is 2.10. The second kappa shape index (κ2) is 7.07. The molecule has 1 aromatic carbocycles. The molecule has 0 aliphatic rings. The molecule has 0 radical (unpaired) electrons. The first kappa shape index (κ1) is 17.8. The third kappa shape index (κ3) is 2.98. The van der Waals surface area contributed by atoms with Crippen molar-refractivity contribution in [2.45, 2.75) is 40.2 Å². The molecule has 1 atom stereocenters. The zero-order valence-electron chi connectivity index (χ0n) is 15.3. The monoisotopic (exact) mass is 355 g/mol. The lowest BCUT2D eigenvalue weighted by molar-refractivity contribution is -0.147. The molecule has 0 spiro atoms. The molecule has 0 N–H and O–H groups in total. The van der Waals surface area contributed by atoms with E-state index in [9.17, 15) is 9.59 Å². The summed E-state index contributed by atoms with van der Waals surface area (Å²) >= 11 is 0. The van der Waals surface area contributed by atoms with Crippen molar-refractivity contribution >= 4 is 17.1 Å². The molecule has 3 rings (SSSR count). The first-order chi connectivity index (χ1) is 12.5. The van der Waals surface area contributed by atoms with Crippen LogP contribution in [0.2, 0.25) is 0 Å². The number of hydrogen-bond donors (Lipinski definition) is 0. The molecule has 0 fully saturated rings. The molecule has 0 bridgehead atoms. The van der Waals surface area contributed by atoms with Gasteiger partial charge >= 0.3 is 5.97 Å². The Morgan fingerprint density at radius 3 is 2.65 bits per heavy atom. The van der Waals surface area contributed by atoms with Gasteiger partial charge in [-0.1, -0.05) is 18.2 Å². The molecule has 0 amide bonds. The zero-order chi connectivity index (χ0) is 18.8. The van der Waals surface area contributed by atoms with Crippen LogP contribution >= 0.6 is 0 Å². The summed E-state index contributed by atoms with van der Waals surface area (Å²) in [6.07, 6.45) is 1.77. The maximum atomic E-state index is 12.8. The maximum Gasteiger partial charge on any atom is 0.329 e. The summed E-state index contributed by atoms with van der Waals surface area (Å²) < 4.78 is 7.84. The van der Waals surface area contributed by atoms with Gasteiger partial charge in [-0.25, -0.2) is 9.78 Å². The van der Waals surface area contributed by atoms with E-state index >= 15 is 0 Å². The third-order valence-corrected chi connectivity index (χ3v) is 4.40. The van der Waals surface area contributed by atoms with Crippen LogP contribution in [0, 0.1) is 13.8 Å². The van der Waals surface area contributed by atoms with Crippen LogP contribution in [0.3, 0.4) is 0 Å². The van der Waals surface area contributed by atoms with Crippen molar-refractivity contribution in [1.29, 1.82) is 0 Å². The lowest BCUT2D eigenvalue weighted by atomic mass is 10.1. The molecule has 0 saturated carbocycles. The number of nitrogens with zero attached hydrogens (tertiary/aromatic N) is 5. The Kier molecular flexibility index (Phi) is 4.83. The summed E-state index contributed by atoms with van der Waals surface area (Å²) in [5.41, 5.74) is 3.10. The molecule has 0 unspecified atom stereocenters. The second-order valence-corrected chi connectivity index (χ2v) is 6.08. The lowest BCUT2D eigenvalue weighted by Crippen LogP contribution is -2.31. The predicted molar refractivity (Wildman–Crippen MR) is 96.4 cm³/mol. The van der Waals surface area contributed by atoms with Gasteiger partial charge in [0.25, 0.3) is 5.56 Å². The fraction of sp³-hybridized carbons (Fsp3) is 0.389. The van der Waals surface area contributed by atoms with Crippen LogP contribution in [-0.4, -0.2) is 37.1 Å². The normalized spacial score (nSPS) is 12.3. The predicted octanol–water partition coefficient (Wildman–Crippen LogP) is 2.11. The average Bonchev–Trinajstić information content (AvgIpc) is 3.05. The molecule has 26 heavy (non-hydrogen) atoms. The van der Waals surface area contributed by atoms with Gasteiger partial charge in [-0.05, 0) is 50.5 Å². The highest BCUT2D eigenvalue weighted by atomic mass is 16.5. The van der Waals surface area contributed by atoms with Gasteiger partial charge in [0.15, 0.2) is 11.2 Å². The van der Waals surface area contributed by atoms with Gasteiger partial charge in [0.1, 0.15) is 12.4 Å². The molecule has 0 aliphatic heterocycles. The average molecular weight is 355 g/mol. The van der Waals surface area contributed by atoms with Gasteiger partial charge in [0.2, 0.25) is 0 Å². The number of aromatic nitrogens is 5. The van der Waals surface area contributed by atoms with Crippen molar-refractivity contribution in [2.75, 3.05) is 6.61 Å². The highest BCUT2D eigenvalue weighted by Gasteiger charge is 2.23. The molecule has 8 nitrogen and oxygen atoms in total. The van der Waals surface area contributed by atoms with Gasteiger partial charge in [-0.3, -0.25) is 9.36 Å². The summed E-state index contributed by atoms with van der Waals surface area (Å²) in [6.45, 7) is 7.82. The minimum absolute atomic E-state index is 0.119. The van der Waals surface area contributed by atoms with E-state index in [0.717, 1.165) is 16.8 Å².